The second-order valence-corrected chi connectivity index (χ2v) is 1.64. The molecule has 0 heterocycles. The minimum absolute atomic E-state index is 0. The standard InChI is InChI=1S/C5H8O4.2Li.2H/c6-4(7)2-1-3-5(8)9;;;;/h1-3H2,(H,6,7)(H,8,9);;;;/q;2*+1;2*-1. The van der Waals surface area contributed by atoms with Crippen molar-refractivity contribution in [2.45, 2.75) is 19.3 Å². The van der Waals surface area contributed by atoms with Gasteiger partial charge in [0.1, 0.15) is 0 Å². The summed E-state index contributed by atoms with van der Waals surface area (Å²) in [5.74, 6) is -1.90. The molecule has 0 aromatic heterocycles. The average molecular weight is 148 g/mol. The molecule has 0 aliphatic carbocycles. The minimum atomic E-state index is -0.948. The van der Waals surface area contributed by atoms with E-state index in [1.807, 2.05) is 0 Å². The van der Waals surface area contributed by atoms with Gasteiger partial charge in [-0.25, -0.2) is 0 Å². The summed E-state index contributed by atoms with van der Waals surface area (Å²) < 4.78 is 0. The van der Waals surface area contributed by atoms with Gasteiger partial charge in [-0.1, -0.05) is 0 Å². The number of carbonyl (C=O) groups is 2. The van der Waals surface area contributed by atoms with Gasteiger partial charge in [0, 0.05) is 12.8 Å². The van der Waals surface area contributed by atoms with E-state index in [9.17, 15) is 9.59 Å². The number of aliphatic carboxylic acids is 2. The fraction of sp³-hybridized carbons (Fsp3) is 0.600. The van der Waals surface area contributed by atoms with Crippen molar-refractivity contribution in [1.82, 2.24) is 0 Å². The van der Waals surface area contributed by atoms with Gasteiger partial charge in [0.05, 0.1) is 0 Å². The molecule has 0 fully saturated rings. The van der Waals surface area contributed by atoms with Gasteiger partial charge in [0.2, 0.25) is 0 Å². The molecule has 0 saturated heterocycles. The van der Waals surface area contributed by atoms with E-state index in [2.05, 4.69) is 0 Å². The molecule has 0 aromatic carbocycles. The normalized spacial score (nSPS) is 7.27. The van der Waals surface area contributed by atoms with Crippen LogP contribution in [-0.2, 0) is 9.59 Å². The van der Waals surface area contributed by atoms with E-state index in [0.717, 1.165) is 0 Å². The molecule has 0 amide bonds. The Kier molecular flexibility index (Phi) is 15.9. The fourth-order valence-electron chi connectivity index (χ4n) is 0.391. The molecule has 2 N–H and O–H groups in total. The van der Waals surface area contributed by atoms with Gasteiger partial charge in [-0.15, -0.1) is 0 Å². The Balaban J connectivity index is -0.0000000533. The van der Waals surface area contributed by atoms with Gasteiger partial charge in [0.25, 0.3) is 0 Å². The topological polar surface area (TPSA) is 74.6 Å². The number of carboxylic acids is 2. The van der Waals surface area contributed by atoms with Crippen LogP contribution in [0.5, 0.6) is 0 Å². The molecule has 0 atom stereocenters. The summed E-state index contributed by atoms with van der Waals surface area (Å²) in [6, 6.07) is 0. The van der Waals surface area contributed by atoms with Crippen molar-refractivity contribution >= 4 is 11.9 Å². The van der Waals surface area contributed by atoms with Crippen LogP contribution in [0.3, 0.4) is 0 Å². The Hall–Kier alpha value is 0.135. The van der Waals surface area contributed by atoms with Gasteiger partial charge >= 0.3 is 49.7 Å². The maximum absolute atomic E-state index is 9.79. The monoisotopic (exact) mass is 148 g/mol. The maximum atomic E-state index is 9.79. The van der Waals surface area contributed by atoms with Crippen LogP contribution in [0.15, 0.2) is 0 Å². The Bertz CT molecular complexity index is 120. The summed E-state index contributed by atoms with van der Waals surface area (Å²) in [6.07, 6.45) is 0.0866. The molecule has 0 bridgehead atoms. The second kappa shape index (κ2) is 10.1. The minimum Gasteiger partial charge on any atom is -1.00 e. The Morgan fingerprint density at radius 2 is 1.27 bits per heavy atom. The fourth-order valence-corrected chi connectivity index (χ4v) is 0.391. The van der Waals surface area contributed by atoms with Gasteiger partial charge < -0.3 is 13.1 Å². The summed E-state index contributed by atoms with van der Waals surface area (Å²) in [5, 5.41) is 16.1. The van der Waals surface area contributed by atoms with Crippen molar-refractivity contribution in [3.8, 4) is 0 Å². The molecule has 0 saturated carbocycles. The molecule has 0 spiro atoms. The smallest absolute Gasteiger partial charge is 1.00 e. The first kappa shape index (κ1) is 17.3. The maximum Gasteiger partial charge on any atom is 1.00 e. The first-order valence-electron chi connectivity index (χ1n) is 2.56. The number of rotatable bonds is 4. The SMILES string of the molecule is O=C(O)CCCC(=O)O.[H-].[H-].[Li+].[Li+]. The predicted octanol–water partition coefficient (Wildman–Crippen LogP) is -5.44. The summed E-state index contributed by atoms with van der Waals surface area (Å²) in [6.45, 7) is 0. The first-order valence-corrected chi connectivity index (χ1v) is 2.56. The van der Waals surface area contributed by atoms with E-state index in [1.165, 1.54) is 0 Å². The van der Waals surface area contributed by atoms with E-state index in [-0.39, 0.29) is 59.8 Å². The van der Waals surface area contributed by atoms with Crippen molar-refractivity contribution in [2.75, 3.05) is 0 Å². The largest absolute Gasteiger partial charge is 1.00 e. The molecule has 56 valence electrons. The molecule has 0 aromatic rings. The third kappa shape index (κ3) is 17.8. The van der Waals surface area contributed by atoms with Crippen LogP contribution in [-0.4, -0.2) is 22.2 Å². The van der Waals surface area contributed by atoms with E-state index in [1.54, 1.807) is 0 Å². The quantitative estimate of drug-likeness (QED) is 0.390. The zero-order valence-corrected chi connectivity index (χ0v) is 6.83. The molecule has 0 aliphatic rings. The molecule has 4 nitrogen and oxygen atoms in total. The van der Waals surface area contributed by atoms with E-state index in [4.69, 9.17) is 10.2 Å². The Morgan fingerprint density at radius 1 is 1.00 bits per heavy atom. The summed E-state index contributed by atoms with van der Waals surface area (Å²) in [4.78, 5) is 19.6. The third-order valence-electron chi connectivity index (χ3n) is 0.781. The first-order chi connectivity index (χ1) is 4.13. The van der Waals surface area contributed by atoms with Gasteiger partial charge in [-0.05, 0) is 6.42 Å². The van der Waals surface area contributed by atoms with Gasteiger partial charge in [-0.2, -0.15) is 0 Å². The van der Waals surface area contributed by atoms with E-state index < -0.39 is 11.9 Å². The van der Waals surface area contributed by atoms with Gasteiger partial charge in [0.15, 0.2) is 0 Å². The molecular weight excluding hydrogens is 138 g/mol. The number of hydrogen-bond donors (Lipinski definition) is 2. The average Bonchev–Trinajstić information content (AvgIpc) is 1.63. The second-order valence-electron chi connectivity index (χ2n) is 1.64. The molecule has 0 rings (SSSR count). The van der Waals surface area contributed by atoms with Crippen molar-refractivity contribution in [1.29, 1.82) is 0 Å². The van der Waals surface area contributed by atoms with Crippen LogP contribution in [0.25, 0.3) is 0 Å². The van der Waals surface area contributed by atoms with Crippen LogP contribution < -0.4 is 37.7 Å². The predicted molar refractivity (Wildman–Crippen MR) is 31.3 cm³/mol. The van der Waals surface area contributed by atoms with Crippen LogP contribution in [0.2, 0.25) is 0 Å². The third-order valence-corrected chi connectivity index (χ3v) is 0.781. The zero-order chi connectivity index (χ0) is 7.28. The van der Waals surface area contributed by atoms with Crippen molar-refractivity contribution < 1.29 is 60.4 Å². The molecular formula is C5H10Li2O4. The number of hydrogen-bond acceptors (Lipinski definition) is 2. The summed E-state index contributed by atoms with van der Waals surface area (Å²) in [5.41, 5.74) is 0. The van der Waals surface area contributed by atoms with E-state index in [0.29, 0.717) is 0 Å². The van der Waals surface area contributed by atoms with Crippen LogP contribution in [0, 0.1) is 0 Å². The molecule has 0 unspecified atom stereocenters. The van der Waals surface area contributed by atoms with Crippen LogP contribution >= 0.6 is 0 Å². The summed E-state index contributed by atoms with van der Waals surface area (Å²) >= 11 is 0. The van der Waals surface area contributed by atoms with Crippen molar-refractivity contribution in [3.05, 3.63) is 0 Å². The van der Waals surface area contributed by atoms with E-state index >= 15 is 0 Å². The molecule has 11 heavy (non-hydrogen) atoms. The molecule has 6 heteroatoms. The summed E-state index contributed by atoms with van der Waals surface area (Å²) in [7, 11) is 0. The van der Waals surface area contributed by atoms with Crippen LogP contribution in [0.1, 0.15) is 22.1 Å². The van der Waals surface area contributed by atoms with Crippen molar-refractivity contribution in [2.24, 2.45) is 0 Å². The number of carboxylic acid groups (broad SMARTS) is 2. The molecule has 0 radical (unpaired) electrons. The zero-order valence-electron chi connectivity index (χ0n) is 8.83. The van der Waals surface area contributed by atoms with Gasteiger partial charge in [-0.3, -0.25) is 9.59 Å². The van der Waals surface area contributed by atoms with Crippen molar-refractivity contribution in [3.63, 3.8) is 0 Å². The Morgan fingerprint density at radius 3 is 1.45 bits per heavy atom. The van der Waals surface area contributed by atoms with Crippen LogP contribution in [0.4, 0.5) is 0 Å². The Labute approximate surface area is 91.7 Å². The molecule has 0 aliphatic heterocycles.